The van der Waals surface area contributed by atoms with E-state index in [1.165, 1.54) is 42.1 Å². The molecule has 1 aromatic heterocycles. The molecule has 5 rings (SSSR count). The standard InChI is InChI=1S/C35H27N5O5S/c41-33(26-12-5-2-6-13-26)39-31(21-24-9-8-20-36-23-24)34(42)38-28-14-7-15-30(22-28)46-32(25-10-3-1-4-11-25)35(43)37-27-16-18-29(19-17-27)40(44)45/h1-23,32H,(H,37,43)(H,38,42)(H,39,41)/b31-21-. The van der Waals surface area contributed by atoms with E-state index in [9.17, 15) is 24.5 Å². The number of pyridine rings is 1. The number of carbonyl (C=O) groups excluding carboxylic acids is 3. The van der Waals surface area contributed by atoms with Gasteiger partial charge >= 0.3 is 0 Å². The van der Waals surface area contributed by atoms with Gasteiger partial charge in [0.25, 0.3) is 17.5 Å². The molecular weight excluding hydrogens is 602 g/mol. The van der Waals surface area contributed by atoms with Gasteiger partial charge in [0, 0.05) is 46.4 Å². The number of hydrogen-bond donors (Lipinski definition) is 3. The first kappa shape index (κ1) is 31.4. The van der Waals surface area contributed by atoms with Crippen molar-refractivity contribution in [3.05, 3.63) is 166 Å². The number of benzene rings is 4. The molecular formula is C35H27N5O5S. The number of nitro benzene ring substituents is 1. The fourth-order valence-corrected chi connectivity index (χ4v) is 5.41. The smallest absolute Gasteiger partial charge is 0.272 e. The number of aromatic nitrogens is 1. The van der Waals surface area contributed by atoms with Crippen LogP contribution in [0.4, 0.5) is 17.1 Å². The number of thioether (sulfide) groups is 1. The van der Waals surface area contributed by atoms with Gasteiger partial charge in [0.1, 0.15) is 10.9 Å². The maximum atomic E-state index is 13.5. The molecule has 0 bridgehead atoms. The number of hydrogen-bond acceptors (Lipinski definition) is 7. The van der Waals surface area contributed by atoms with Crippen LogP contribution in [-0.2, 0) is 9.59 Å². The highest BCUT2D eigenvalue weighted by molar-refractivity contribution is 8.00. The van der Waals surface area contributed by atoms with Crippen LogP contribution in [-0.4, -0.2) is 27.6 Å². The van der Waals surface area contributed by atoms with Crippen molar-refractivity contribution in [1.29, 1.82) is 0 Å². The number of non-ortho nitro benzene ring substituents is 1. The highest BCUT2D eigenvalue weighted by Crippen LogP contribution is 2.37. The molecule has 0 radical (unpaired) electrons. The van der Waals surface area contributed by atoms with Gasteiger partial charge in [-0.25, -0.2) is 0 Å². The third kappa shape index (κ3) is 8.52. The Labute approximate surface area is 268 Å². The third-order valence-electron chi connectivity index (χ3n) is 6.56. The van der Waals surface area contributed by atoms with E-state index >= 15 is 0 Å². The Morgan fingerprint density at radius 3 is 2.17 bits per heavy atom. The Balaban J connectivity index is 1.35. The second kappa shape index (κ2) is 15.1. The van der Waals surface area contributed by atoms with Crippen LogP contribution in [0.25, 0.3) is 6.08 Å². The zero-order valence-electron chi connectivity index (χ0n) is 24.2. The van der Waals surface area contributed by atoms with Crippen LogP contribution in [0.5, 0.6) is 0 Å². The molecule has 1 atom stereocenters. The number of nitro groups is 1. The Morgan fingerprint density at radius 1 is 0.783 bits per heavy atom. The van der Waals surface area contributed by atoms with Crippen LogP contribution in [0.3, 0.4) is 0 Å². The largest absolute Gasteiger partial charge is 0.325 e. The van der Waals surface area contributed by atoms with E-state index in [1.807, 2.05) is 36.4 Å². The van der Waals surface area contributed by atoms with Gasteiger partial charge in [0.15, 0.2) is 0 Å². The number of nitrogens with one attached hydrogen (secondary N) is 3. The van der Waals surface area contributed by atoms with E-state index in [-0.39, 0.29) is 17.3 Å². The highest BCUT2D eigenvalue weighted by atomic mass is 32.2. The monoisotopic (exact) mass is 629 g/mol. The van der Waals surface area contributed by atoms with Crippen LogP contribution in [0.1, 0.15) is 26.7 Å². The van der Waals surface area contributed by atoms with E-state index in [4.69, 9.17) is 0 Å². The molecule has 1 heterocycles. The molecule has 3 amide bonds. The van der Waals surface area contributed by atoms with Crippen molar-refractivity contribution in [2.75, 3.05) is 10.6 Å². The second-order valence-electron chi connectivity index (χ2n) is 9.85. The molecule has 0 aliphatic heterocycles. The molecule has 3 N–H and O–H groups in total. The molecule has 4 aromatic carbocycles. The molecule has 0 spiro atoms. The lowest BCUT2D eigenvalue weighted by molar-refractivity contribution is -0.384. The van der Waals surface area contributed by atoms with E-state index < -0.39 is 22.0 Å². The molecule has 228 valence electrons. The summed E-state index contributed by atoms with van der Waals surface area (Å²) in [5, 5.41) is 18.7. The predicted molar refractivity (Wildman–Crippen MR) is 178 cm³/mol. The Hall–Kier alpha value is -6.07. The first-order valence-corrected chi connectivity index (χ1v) is 14.9. The van der Waals surface area contributed by atoms with Crippen molar-refractivity contribution >= 4 is 52.6 Å². The fraction of sp³-hybridized carbons (Fsp3) is 0.0286. The van der Waals surface area contributed by atoms with Crippen LogP contribution in [0, 0.1) is 10.1 Å². The van der Waals surface area contributed by atoms with Crippen LogP contribution in [0.2, 0.25) is 0 Å². The third-order valence-corrected chi connectivity index (χ3v) is 7.80. The first-order valence-electron chi connectivity index (χ1n) is 14.0. The topological polar surface area (TPSA) is 143 Å². The number of rotatable bonds is 11. The van der Waals surface area contributed by atoms with E-state index in [0.717, 1.165) is 5.56 Å². The summed E-state index contributed by atoms with van der Waals surface area (Å²) >= 11 is 1.27. The molecule has 0 saturated carbocycles. The molecule has 0 fully saturated rings. The molecule has 0 aliphatic rings. The van der Waals surface area contributed by atoms with E-state index in [0.29, 0.717) is 27.4 Å². The van der Waals surface area contributed by atoms with E-state index in [2.05, 4.69) is 20.9 Å². The number of anilines is 2. The van der Waals surface area contributed by atoms with Gasteiger partial charge in [-0.05, 0) is 65.7 Å². The second-order valence-corrected chi connectivity index (χ2v) is 11.0. The van der Waals surface area contributed by atoms with Crippen LogP contribution in [0.15, 0.2) is 144 Å². The zero-order chi connectivity index (χ0) is 32.3. The van der Waals surface area contributed by atoms with Gasteiger partial charge in [-0.2, -0.15) is 0 Å². The summed E-state index contributed by atoms with van der Waals surface area (Å²) in [7, 11) is 0. The molecule has 10 nitrogen and oxygen atoms in total. The van der Waals surface area contributed by atoms with Crippen LogP contribution >= 0.6 is 11.8 Å². The summed E-state index contributed by atoms with van der Waals surface area (Å²) in [5.74, 6) is -1.32. The summed E-state index contributed by atoms with van der Waals surface area (Å²) in [4.78, 5) is 55.2. The normalized spacial score (nSPS) is 11.6. The summed E-state index contributed by atoms with van der Waals surface area (Å²) in [5.41, 5.74) is 2.56. The number of nitrogens with zero attached hydrogens (tertiary/aromatic N) is 2. The Kier molecular flexibility index (Phi) is 10.3. The fourth-order valence-electron chi connectivity index (χ4n) is 4.33. The van der Waals surface area contributed by atoms with Gasteiger partial charge in [0.2, 0.25) is 5.91 Å². The minimum absolute atomic E-state index is 0.0181. The Bertz CT molecular complexity index is 1870. The first-order chi connectivity index (χ1) is 22.4. The number of amides is 3. The predicted octanol–water partition coefficient (Wildman–Crippen LogP) is 6.87. The average molecular weight is 630 g/mol. The minimum atomic E-state index is -0.687. The van der Waals surface area contributed by atoms with Crippen molar-refractivity contribution < 1.29 is 19.3 Å². The van der Waals surface area contributed by atoms with Crippen molar-refractivity contribution in [3.8, 4) is 0 Å². The van der Waals surface area contributed by atoms with Crippen molar-refractivity contribution in [2.24, 2.45) is 0 Å². The van der Waals surface area contributed by atoms with E-state index in [1.54, 1.807) is 73.1 Å². The van der Waals surface area contributed by atoms with Gasteiger partial charge in [-0.1, -0.05) is 60.7 Å². The lowest BCUT2D eigenvalue weighted by Crippen LogP contribution is -2.30. The molecule has 11 heteroatoms. The summed E-state index contributed by atoms with van der Waals surface area (Å²) in [6.45, 7) is 0. The molecule has 0 aliphatic carbocycles. The quantitative estimate of drug-likeness (QED) is 0.0626. The molecule has 46 heavy (non-hydrogen) atoms. The van der Waals surface area contributed by atoms with Crippen molar-refractivity contribution in [1.82, 2.24) is 10.3 Å². The van der Waals surface area contributed by atoms with Gasteiger partial charge in [-0.3, -0.25) is 29.5 Å². The molecule has 5 aromatic rings. The highest BCUT2D eigenvalue weighted by Gasteiger charge is 2.23. The maximum Gasteiger partial charge on any atom is 0.272 e. The average Bonchev–Trinajstić information content (AvgIpc) is 3.08. The van der Waals surface area contributed by atoms with Crippen LogP contribution < -0.4 is 16.0 Å². The van der Waals surface area contributed by atoms with Gasteiger partial charge in [-0.15, -0.1) is 11.8 Å². The van der Waals surface area contributed by atoms with Gasteiger partial charge in [0.05, 0.1) is 4.92 Å². The molecule has 1 unspecified atom stereocenters. The van der Waals surface area contributed by atoms with Crippen molar-refractivity contribution in [3.63, 3.8) is 0 Å². The van der Waals surface area contributed by atoms with Gasteiger partial charge < -0.3 is 16.0 Å². The lowest BCUT2D eigenvalue weighted by atomic mass is 10.1. The Morgan fingerprint density at radius 2 is 1.50 bits per heavy atom. The SMILES string of the molecule is O=C(Nc1cccc(SC(C(=O)Nc2ccc([N+](=O)[O-])cc2)c2ccccc2)c1)/C(=C/c1cccnc1)NC(=O)c1ccccc1. The lowest BCUT2D eigenvalue weighted by Gasteiger charge is -2.18. The summed E-state index contributed by atoms with van der Waals surface area (Å²) < 4.78 is 0. The molecule has 0 saturated heterocycles. The number of carbonyl (C=O) groups is 3. The summed E-state index contributed by atoms with van der Waals surface area (Å²) in [6.07, 6.45) is 4.72. The summed E-state index contributed by atoms with van der Waals surface area (Å²) in [6, 6.07) is 33.9. The van der Waals surface area contributed by atoms with Crippen molar-refractivity contribution in [2.45, 2.75) is 10.1 Å². The zero-order valence-corrected chi connectivity index (χ0v) is 25.0. The maximum absolute atomic E-state index is 13.5. The minimum Gasteiger partial charge on any atom is -0.325 e.